The molecule has 8 rings (SSSR count). The third kappa shape index (κ3) is 3.15. The lowest BCUT2D eigenvalue weighted by Crippen LogP contribution is -2.37. The van der Waals surface area contributed by atoms with Crippen LogP contribution in [0.1, 0.15) is 33.7 Å². The molecule has 40 heavy (non-hydrogen) atoms. The predicted molar refractivity (Wildman–Crippen MR) is 159 cm³/mol. The Morgan fingerprint density at radius 3 is 2.10 bits per heavy atom. The molecule has 5 aromatic rings. The largest absolute Gasteiger partial charge is 0.457 e. The van der Waals surface area contributed by atoms with Gasteiger partial charge in [0.15, 0.2) is 0 Å². The number of ether oxygens (including phenoxy) is 1. The molecule has 0 fully saturated rings. The molecular formula is C38H25NO. The first-order chi connectivity index (χ1) is 19.8. The molecule has 1 spiro atoms. The average molecular weight is 512 g/mol. The molecule has 5 aromatic carbocycles. The van der Waals surface area contributed by atoms with Crippen LogP contribution < -0.4 is 4.74 Å². The summed E-state index contributed by atoms with van der Waals surface area (Å²) in [5.41, 5.74) is 10.0. The predicted octanol–water partition coefficient (Wildman–Crippen LogP) is 9.17. The summed E-state index contributed by atoms with van der Waals surface area (Å²) < 4.78 is 6.69. The average Bonchev–Trinajstić information content (AvgIpc) is 3.32. The van der Waals surface area contributed by atoms with Gasteiger partial charge in [0.25, 0.3) is 0 Å². The number of nitriles is 1. The number of hydrogen-bond donors (Lipinski definition) is 0. The highest BCUT2D eigenvalue weighted by atomic mass is 16.5. The second kappa shape index (κ2) is 8.70. The fraction of sp³-hybridized carbons (Fsp3) is 0.0789. The topological polar surface area (TPSA) is 33.0 Å². The van der Waals surface area contributed by atoms with Crippen LogP contribution >= 0.6 is 0 Å². The number of benzene rings is 5. The minimum absolute atomic E-state index is 0.268. The van der Waals surface area contributed by atoms with E-state index < -0.39 is 0 Å². The van der Waals surface area contributed by atoms with E-state index in [1.807, 2.05) is 24.3 Å². The third-order valence-corrected chi connectivity index (χ3v) is 8.86. The van der Waals surface area contributed by atoms with Gasteiger partial charge in [0.2, 0.25) is 0 Å². The van der Waals surface area contributed by atoms with Gasteiger partial charge in [0, 0.05) is 23.0 Å². The smallest absolute Gasteiger partial charge is 0.132 e. The van der Waals surface area contributed by atoms with Crippen LogP contribution in [-0.2, 0) is 5.41 Å². The van der Waals surface area contributed by atoms with Crippen molar-refractivity contribution in [1.29, 1.82) is 5.26 Å². The zero-order valence-corrected chi connectivity index (χ0v) is 21.8. The lowest BCUT2D eigenvalue weighted by Gasteiger charge is -2.43. The fourth-order valence-electron chi connectivity index (χ4n) is 7.17. The van der Waals surface area contributed by atoms with Crippen molar-refractivity contribution in [2.45, 2.75) is 11.3 Å². The van der Waals surface area contributed by atoms with E-state index in [0.717, 1.165) is 33.8 Å². The monoisotopic (exact) mass is 511 g/mol. The number of allylic oxidation sites excluding steroid dienone is 4. The highest BCUT2D eigenvalue weighted by molar-refractivity contribution is 5.77. The van der Waals surface area contributed by atoms with Crippen molar-refractivity contribution in [3.05, 3.63) is 167 Å². The van der Waals surface area contributed by atoms with Crippen molar-refractivity contribution in [2.24, 2.45) is 5.92 Å². The van der Waals surface area contributed by atoms with Crippen LogP contribution in [0.2, 0.25) is 0 Å². The summed E-state index contributed by atoms with van der Waals surface area (Å²) >= 11 is 0. The van der Waals surface area contributed by atoms with Gasteiger partial charge in [-0.25, -0.2) is 0 Å². The number of nitrogens with zero attached hydrogens (tertiary/aromatic N) is 1. The van der Waals surface area contributed by atoms with Crippen LogP contribution in [0.3, 0.4) is 0 Å². The molecule has 1 heterocycles. The van der Waals surface area contributed by atoms with Crippen molar-refractivity contribution < 1.29 is 4.74 Å². The Labute approximate surface area is 234 Å². The first-order valence-electron chi connectivity index (χ1n) is 13.7. The van der Waals surface area contributed by atoms with Crippen molar-refractivity contribution in [3.8, 4) is 39.8 Å². The van der Waals surface area contributed by atoms with E-state index in [9.17, 15) is 5.26 Å². The maximum atomic E-state index is 9.18. The molecule has 0 amide bonds. The Hall–Kier alpha value is -5.13. The molecule has 3 unspecified atom stereocenters. The van der Waals surface area contributed by atoms with Crippen molar-refractivity contribution >= 4 is 0 Å². The Kier molecular flexibility index (Phi) is 4.96. The molecule has 1 aliphatic heterocycles. The minimum atomic E-state index is -0.324. The molecule has 0 saturated heterocycles. The van der Waals surface area contributed by atoms with Gasteiger partial charge in [0.1, 0.15) is 11.5 Å². The van der Waals surface area contributed by atoms with Gasteiger partial charge in [0.05, 0.1) is 17.0 Å². The summed E-state index contributed by atoms with van der Waals surface area (Å²) in [7, 11) is 0. The van der Waals surface area contributed by atoms with Crippen LogP contribution in [0.5, 0.6) is 11.5 Å². The molecule has 2 aliphatic carbocycles. The summed E-state index contributed by atoms with van der Waals surface area (Å²) in [6.45, 7) is 0. The van der Waals surface area contributed by atoms with E-state index >= 15 is 0 Å². The molecule has 0 aromatic heterocycles. The number of hydrogen-bond acceptors (Lipinski definition) is 2. The van der Waals surface area contributed by atoms with Crippen LogP contribution in [0.25, 0.3) is 22.3 Å². The fourth-order valence-corrected chi connectivity index (χ4v) is 7.17. The summed E-state index contributed by atoms with van der Waals surface area (Å²) in [4.78, 5) is 0. The van der Waals surface area contributed by atoms with Crippen LogP contribution in [0, 0.1) is 17.2 Å². The van der Waals surface area contributed by atoms with Crippen molar-refractivity contribution in [1.82, 2.24) is 0 Å². The van der Waals surface area contributed by atoms with Gasteiger partial charge in [-0.3, -0.25) is 0 Å². The molecule has 0 saturated carbocycles. The SMILES string of the molecule is N#Cc1ccc(-c2cccc(-c3ccc4c(c3)Oc3ccccc3C43c4ccccc4C4C=CC=CC43)c2)cc1. The summed E-state index contributed by atoms with van der Waals surface area (Å²) in [5.74, 6) is 2.43. The maximum Gasteiger partial charge on any atom is 0.132 e. The lowest BCUT2D eigenvalue weighted by atomic mass is 9.62. The summed E-state index contributed by atoms with van der Waals surface area (Å²) in [6.07, 6.45) is 9.15. The van der Waals surface area contributed by atoms with Crippen LogP contribution in [0.4, 0.5) is 0 Å². The van der Waals surface area contributed by atoms with Gasteiger partial charge in [-0.2, -0.15) is 5.26 Å². The molecule has 3 aliphatic rings. The normalized spacial score (nSPS) is 21.1. The molecule has 2 nitrogen and oxygen atoms in total. The molecular weight excluding hydrogens is 486 g/mol. The summed E-state index contributed by atoms with van der Waals surface area (Å²) in [6, 6.07) is 42.8. The van der Waals surface area contributed by atoms with Gasteiger partial charge in [-0.05, 0) is 63.7 Å². The number of fused-ring (bicyclic) bond motifs is 9. The highest BCUT2D eigenvalue weighted by Gasteiger charge is 2.56. The van der Waals surface area contributed by atoms with Crippen LogP contribution in [-0.4, -0.2) is 0 Å². The Bertz CT molecular complexity index is 1910. The zero-order chi connectivity index (χ0) is 26.7. The van der Waals surface area contributed by atoms with Gasteiger partial charge in [-0.15, -0.1) is 0 Å². The van der Waals surface area contributed by atoms with Crippen molar-refractivity contribution in [3.63, 3.8) is 0 Å². The minimum Gasteiger partial charge on any atom is -0.457 e. The lowest BCUT2D eigenvalue weighted by molar-refractivity contribution is 0.374. The highest BCUT2D eigenvalue weighted by Crippen LogP contribution is 2.64. The zero-order valence-electron chi connectivity index (χ0n) is 21.8. The summed E-state index contributed by atoms with van der Waals surface area (Å²) in [5, 5.41) is 9.18. The van der Waals surface area contributed by atoms with Gasteiger partial charge in [-0.1, -0.05) is 109 Å². The van der Waals surface area contributed by atoms with Gasteiger partial charge < -0.3 is 4.74 Å². The maximum absolute atomic E-state index is 9.18. The first kappa shape index (κ1) is 22.8. The Morgan fingerprint density at radius 2 is 1.25 bits per heavy atom. The third-order valence-electron chi connectivity index (χ3n) is 8.86. The standard InChI is InChI=1S/C38H25NO/c39-24-25-16-18-26(19-17-25)27-8-7-9-28(22-27)29-20-21-35-37(23-29)40-36-15-6-5-14-34(36)38(35)32-12-3-1-10-30(32)31-11-2-4-13-33(31)38/h1-23,30,32H. The molecule has 2 heteroatoms. The quantitative estimate of drug-likeness (QED) is 0.237. The number of rotatable bonds is 2. The molecule has 3 atom stereocenters. The first-order valence-corrected chi connectivity index (χ1v) is 13.7. The van der Waals surface area contributed by atoms with E-state index in [1.54, 1.807) is 0 Å². The van der Waals surface area contributed by atoms with E-state index in [0.29, 0.717) is 11.5 Å². The second-order valence-corrected chi connectivity index (χ2v) is 10.8. The van der Waals surface area contributed by atoms with Crippen molar-refractivity contribution in [2.75, 3.05) is 0 Å². The van der Waals surface area contributed by atoms with Gasteiger partial charge >= 0.3 is 0 Å². The van der Waals surface area contributed by atoms with E-state index in [2.05, 4.69) is 121 Å². The Balaban J connectivity index is 1.31. The van der Waals surface area contributed by atoms with E-state index in [1.165, 1.54) is 22.3 Å². The molecule has 188 valence electrons. The van der Waals surface area contributed by atoms with E-state index in [-0.39, 0.29) is 11.3 Å². The van der Waals surface area contributed by atoms with E-state index in [4.69, 9.17) is 4.74 Å². The molecule has 0 radical (unpaired) electrons. The van der Waals surface area contributed by atoms with Crippen LogP contribution in [0.15, 0.2) is 140 Å². The molecule has 0 bridgehead atoms. The number of para-hydroxylation sites is 1. The second-order valence-electron chi connectivity index (χ2n) is 10.8. The molecule has 0 N–H and O–H groups in total. The Morgan fingerprint density at radius 1 is 0.575 bits per heavy atom.